The van der Waals surface area contributed by atoms with E-state index in [0.717, 1.165) is 27.2 Å². The number of benzene rings is 3. The highest BCUT2D eigenvalue weighted by atomic mass is 79.9. The third-order valence-corrected chi connectivity index (χ3v) is 5.86. The van der Waals surface area contributed by atoms with Crippen molar-refractivity contribution in [3.05, 3.63) is 88.9 Å². The second-order valence-electron chi connectivity index (χ2n) is 5.89. The molecule has 130 valence electrons. The predicted molar refractivity (Wildman–Crippen MR) is 110 cm³/mol. The van der Waals surface area contributed by atoms with E-state index in [1.165, 1.54) is 0 Å². The summed E-state index contributed by atoms with van der Waals surface area (Å²) in [4.78, 5) is 14.3. The maximum atomic E-state index is 12.5. The normalized spacial score (nSPS) is 16.7. The van der Waals surface area contributed by atoms with Crippen molar-refractivity contribution in [2.24, 2.45) is 0 Å². The first kappa shape index (κ1) is 17.2. The molecule has 3 aromatic rings. The fraction of sp³-hybridized carbons (Fsp3) is 0.0952. The Hall–Kier alpha value is -2.24. The number of anilines is 1. The topological polar surface area (TPSA) is 29.5 Å². The Bertz CT molecular complexity index is 898. The van der Waals surface area contributed by atoms with Crippen LogP contribution in [0.15, 0.2) is 83.3 Å². The minimum absolute atomic E-state index is 0.00325. The van der Waals surface area contributed by atoms with E-state index in [1.807, 2.05) is 71.6 Å². The van der Waals surface area contributed by atoms with Crippen LogP contribution in [0.25, 0.3) is 0 Å². The summed E-state index contributed by atoms with van der Waals surface area (Å²) in [7, 11) is 0. The molecule has 1 heterocycles. The highest BCUT2D eigenvalue weighted by Crippen LogP contribution is 2.42. The molecule has 0 saturated carbocycles. The molecule has 0 aliphatic carbocycles. The van der Waals surface area contributed by atoms with E-state index >= 15 is 0 Å². The lowest BCUT2D eigenvalue weighted by Crippen LogP contribution is -2.27. The van der Waals surface area contributed by atoms with Gasteiger partial charge in [-0.1, -0.05) is 46.3 Å². The first-order valence-electron chi connectivity index (χ1n) is 8.23. The van der Waals surface area contributed by atoms with Gasteiger partial charge in [-0.15, -0.1) is 11.8 Å². The molecule has 1 fully saturated rings. The standard InChI is InChI=1S/C21H16BrNO2S/c22-16-8-6-15(7-9-16)21-23(20(24)14-26-21)17-10-12-19(13-11-17)25-18-4-2-1-3-5-18/h1-13,21H,14H2/t21-/m1/s1. The molecular formula is C21H16BrNO2S. The zero-order valence-electron chi connectivity index (χ0n) is 13.8. The quantitative estimate of drug-likeness (QED) is 0.511. The first-order chi connectivity index (χ1) is 12.7. The zero-order valence-corrected chi connectivity index (χ0v) is 16.2. The zero-order chi connectivity index (χ0) is 17.9. The van der Waals surface area contributed by atoms with Gasteiger partial charge in [-0.25, -0.2) is 0 Å². The van der Waals surface area contributed by atoms with Crippen molar-refractivity contribution in [1.82, 2.24) is 0 Å². The molecule has 1 aliphatic heterocycles. The van der Waals surface area contributed by atoms with Crippen molar-refractivity contribution in [3.8, 4) is 11.5 Å². The fourth-order valence-electron chi connectivity index (χ4n) is 2.88. The number of hydrogen-bond acceptors (Lipinski definition) is 3. The lowest BCUT2D eigenvalue weighted by atomic mass is 10.2. The monoisotopic (exact) mass is 425 g/mol. The van der Waals surface area contributed by atoms with Crippen LogP contribution in [0.2, 0.25) is 0 Å². The van der Waals surface area contributed by atoms with Gasteiger partial charge in [0, 0.05) is 10.2 Å². The molecule has 1 saturated heterocycles. The highest BCUT2D eigenvalue weighted by molar-refractivity contribution is 9.10. The second-order valence-corrected chi connectivity index (χ2v) is 7.87. The largest absolute Gasteiger partial charge is 0.457 e. The summed E-state index contributed by atoms with van der Waals surface area (Å²) < 4.78 is 6.87. The second kappa shape index (κ2) is 7.56. The van der Waals surface area contributed by atoms with E-state index in [4.69, 9.17) is 4.74 Å². The van der Waals surface area contributed by atoms with E-state index in [2.05, 4.69) is 28.1 Å². The van der Waals surface area contributed by atoms with E-state index in [-0.39, 0.29) is 11.3 Å². The molecule has 0 N–H and O–H groups in total. The molecule has 0 radical (unpaired) electrons. The number of carbonyl (C=O) groups is 1. The molecule has 1 amide bonds. The molecule has 1 aliphatic rings. The Morgan fingerprint density at radius 3 is 2.23 bits per heavy atom. The molecule has 3 nitrogen and oxygen atoms in total. The van der Waals surface area contributed by atoms with Crippen LogP contribution in [-0.2, 0) is 4.79 Å². The summed E-state index contributed by atoms with van der Waals surface area (Å²) in [5.41, 5.74) is 2.00. The summed E-state index contributed by atoms with van der Waals surface area (Å²) in [6.07, 6.45) is 0. The fourth-order valence-corrected chi connectivity index (χ4v) is 4.32. The number of carbonyl (C=O) groups excluding carboxylic acids is 1. The smallest absolute Gasteiger partial charge is 0.238 e. The number of para-hydroxylation sites is 1. The Kier molecular flexibility index (Phi) is 5.00. The molecular weight excluding hydrogens is 410 g/mol. The van der Waals surface area contributed by atoms with Crippen LogP contribution in [-0.4, -0.2) is 11.7 Å². The van der Waals surface area contributed by atoms with Crippen molar-refractivity contribution in [3.63, 3.8) is 0 Å². The molecule has 0 bridgehead atoms. The minimum atomic E-state index is -0.00325. The van der Waals surface area contributed by atoms with Crippen molar-refractivity contribution >= 4 is 39.3 Å². The van der Waals surface area contributed by atoms with Crippen molar-refractivity contribution in [1.29, 1.82) is 0 Å². The molecule has 0 aromatic heterocycles. The van der Waals surface area contributed by atoms with Gasteiger partial charge in [0.25, 0.3) is 0 Å². The third kappa shape index (κ3) is 3.64. The number of amides is 1. The number of thioether (sulfide) groups is 1. The average Bonchev–Trinajstić information content (AvgIpc) is 3.05. The van der Waals surface area contributed by atoms with Crippen molar-refractivity contribution in [2.45, 2.75) is 5.37 Å². The molecule has 26 heavy (non-hydrogen) atoms. The van der Waals surface area contributed by atoms with Gasteiger partial charge < -0.3 is 4.74 Å². The summed E-state index contributed by atoms with van der Waals surface area (Å²) in [6, 6.07) is 25.5. The van der Waals surface area contributed by atoms with Gasteiger partial charge in [-0.2, -0.15) is 0 Å². The van der Waals surface area contributed by atoms with Gasteiger partial charge in [0.2, 0.25) is 5.91 Å². The molecule has 0 unspecified atom stereocenters. The number of hydrogen-bond donors (Lipinski definition) is 0. The highest BCUT2D eigenvalue weighted by Gasteiger charge is 2.33. The predicted octanol–water partition coefficient (Wildman–Crippen LogP) is 6.02. The Labute approximate surface area is 165 Å². The van der Waals surface area contributed by atoms with Crippen LogP contribution >= 0.6 is 27.7 Å². The Morgan fingerprint density at radius 2 is 1.54 bits per heavy atom. The number of nitrogens with zero attached hydrogens (tertiary/aromatic N) is 1. The van der Waals surface area contributed by atoms with E-state index in [0.29, 0.717) is 5.75 Å². The maximum Gasteiger partial charge on any atom is 0.238 e. The molecule has 0 spiro atoms. The van der Waals surface area contributed by atoms with Crippen LogP contribution in [0.1, 0.15) is 10.9 Å². The van der Waals surface area contributed by atoms with Gasteiger partial charge in [0.05, 0.1) is 5.75 Å². The van der Waals surface area contributed by atoms with E-state index in [9.17, 15) is 4.79 Å². The van der Waals surface area contributed by atoms with Crippen LogP contribution < -0.4 is 9.64 Å². The van der Waals surface area contributed by atoms with Crippen LogP contribution in [0.4, 0.5) is 5.69 Å². The summed E-state index contributed by atoms with van der Waals surface area (Å²) in [5.74, 6) is 2.16. The maximum absolute atomic E-state index is 12.5. The SMILES string of the molecule is O=C1CS[C@H](c2ccc(Br)cc2)N1c1ccc(Oc2ccccc2)cc1. The molecule has 5 heteroatoms. The van der Waals surface area contributed by atoms with Crippen molar-refractivity contribution in [2.75, 3.05) is 10.7 Å². The van der Waals surface area contributed by atoms with Crippen LogP contribution in [0.3, 0.4) is 0 Å². The summed E-state index contributed by atoms with van der Waals surface area (Å²) in [5, 5.41) is -0.00325. The number of rotatable bonds is 4. The van der Waals surface area contributed by atoms with Crippen LogP contribution in [0.5, 0.6) is 11.5 Å². The number of halogens is 1. The Balaban J connectivity index is 1.56. The van der Waals surface area contributed by atoms with E-state index < -0.39 is 0 Å². The summed E-state index contributed by atoms with van der Waals surface area (Å²) >= 11 is 5.11. The molecule has 1 atom stereocenters. The van der Waals surface area contributed by atoms with Gasteiger partial charge in [-0.3, -0.25) is 9.69 Å². The van der Waals surface area contributed by atoms with Gasteiger partial charge >= 0.3 is 0 Å². The third-order valence-electron chi connectivity index (χ3n) is 4.12. The first-order valence-corrected chi connectivity index (χ1v) is 10.1. The van der Waals surface area contributed by atoms with Crippen LogP contribution in [0, 0.1) is 0 Å². The number of ether oxygens (including phenoxy) is 1. The van der Waals surface area contributed by atoms with Crippen molar-refractivity contribution < 1.29 is 9.53 Å². The Morgan fingerprint density at radius 1 is 0.885 bits per heavy atom. The van der Waals surface area contributed by atoms with E-state index in [1.54, 1.807) is 11.8 Å². The average molecular weight is 426 g/mol. The van der Waals surface area contributed by atoms with Gasteiger partial charge in [0.1, 0.15) is 16.9 Å². The lowest BCUT2D eigenvalue weighted by molar-refractivity contribution is -0.115. The molecule has 3 aromatic carbocycles. The van der Waals surface area contributed by atoms with Gasteiger partial charge in [-0.05, 0) is 54.1 Å². The van der Waals surface area contributed by atoms with Gasteiger partial charge in [0.15, 0.2) is 0 Å². The summed E-state index contributed by atoms with van der Waals surface area (Å²) in [6.45, 7) is 0. The minimum Gasteiger partial charge on any atom is -0.457 e. The lowest BCUT2D eigenvalue weighted by Gasteiger charge is -2.24. The molecule has 4 rings (SSSR count).